The third kappa shape index (κ3) is 11.5. The third-order valence-corrected chi connectivity index (χ3v) is 6.55. The van der Waals surface area contributed by atoms with Crippen LogP contribution in [0.25, 0.3) is 0 Å². The molecule has 13 nitrogen and oxygen atoms in total. The SMILES string of the molecule is CC(C)(CC(=O)O)C1=C(CO)C(=O)C=CC1=O.CC1(C)CC(=O)Oc2ccc(O)c(CO)c21.O=S(=O)=S(=O)=O.[Na][Na]. The second-order valence-corrected chi connectivity index (χ2v) is 12.0. The first-order valence-electron chi connectivity index (χ1n) is 12.1. The number of aromatic hydroxyl groups is 1. The Kier molecular flexibility index (Phi) is 16.7. The Morgan fingerprint density at radius 1 is 0.976 bits per heavy atom. The number of fused-ring (bicyclic) bond motifs is 1. The molecule has 0 bridgehead atoms. The Balaban J connectivity index is 0.000000623. The van der Waals surface area contributed by atoms with Crippen molar-refractivity contribution in [1.29, 1.82) is 0 Å². The number of benzene rings is 1. The molecule has 0 aromatic heterocycles. The van der Waals surface area contributed by atoms with E-state index in [4.69, 9.17) is 31.8 Å². The number of ether oxygens (including phenoxy) is 1. The summed E-state index contributed by atoms with van der Waals surface area (Å²) in [7, 11) is -5.90. The normalized spacial score (nSPS) is 15.1. The van der Waals surface area contributed by atoms with Crippen LogP contribution in [0.2, 0.25) is 0 Å². The molecule has 0 amide bonds. The van der Waals surface area contributed by atoms with Crippen molar-refractivity contribution in [3.8, 4) is 11.5 Å². The molecule has 0 saturated heterocycles. The summed E-state index contributed by atoms with van der Waals surface area (Å²) in [6, 6.07) is 2.99. The maximum absolute atomic E-state index is 11.7. The standard InChI is InChI=1S/C12H14O5.C12H14O4.2Na.O4S2/c1-12(2,5-10(16)17)11-7(6-13)8(14)3-4-9(11)15;1-12(2)5-10(15)16-9-4-3-8(14)7(6-13)11(9)12;;;1-5(2)6(3)4/h3-4,13H,5-6H2,1-2H3,(H,16,17);3-4,13-14H,5-6H2,1-2H3;;;. The molecule has 0 fully saturated rings. The van der Waals surface area contributed by atoms with Crippen LogP contribution < -0.4 is 4.74 Å². The summed E-state index contributed by atoms with van der Waals surface area (Å²) in [6.45, 7) is 6.09. The van der Waals surface area contributed by atoms with Gasteiger partial charge < -0.3 is 25.2 Å². The van der Waals surface area contributed by atoms with Crippen LogP contribution in [0.15, 0.2) is 35.4 Å². The molecule has 216 valence electrons. The van der Waals surface area contributed by atoms with Crippen molar-refractivity contribution >= 4 is 85.6 Å². The molecular formula is C24H28Na2O13S2. The first-order chi connectivity index (χ1) is 18.9. The van der Waals surface area contributed by atoms with E-state index < -0.39 is 53.5 Å². The Morgan fingerprint density at radius 3 is 1.93 bits per heavy atom. The molecule has 17 heteroatoms. The van der Waals surface area contributed by atoms with E-state index in [2.05, 4.69) is 0 Å². The third-order valence-electron chi connectivity index (χ3n) is 5.67. The molecule has 1 aliphatic carbocycles. The number of ketones is 2. The van der Waals surface area contributed by atoms with Crippen molar-refractivity contribution in [1.82, 2.24) is 0 Å². The van der Waals surface area contributed by atoms with Crippen LogP contribution in [0.3, 0.4) is 0 Å². The van der Waals surface area contributed by atoms with Gasteiger partial charge in [0.15, 0.2) is 11.6 Å². The molecule has 0 saturated carbocycles. The van der Waals surface area contributed by atoms with E-state index in [1.54, 1.807) is 19.9 Å². The van der Waals surface area contributed by atoms with Gasteiger partial charge >= 0.3 is 74.1 Å². The number of phenols is 1. The summed E-state index contributed by atoms with van der Waals surface area (Å²) in [6.07, 6.45) is 2.17. The van der Waals surface area contributed by atoms with Gasteiger partial charge in [-0.25, -0.2) is 0 Å². The minimum absolute atomic E-state index is 0.0104. The average molecular weight is 635 g/mol. The number of allylic oxidation sites excluding steroid dienone is 3. The van der Waals surface area contributed by atoms with Gasteiger partial charge in [-0.15, -0.1) is 0 Å². The molecular weight excluding hydrogens is 606 g/mol. The molecule has 0 atom stereocenters. The van der Waals surface area contributed by atoms with E-state index in [1.807, 2.05) is 13.8 Å². The number of carbonyl (C=O) groups is 4. The van der Waals surface area contributed by atoms with E-state index in [0.29, 0.717) is 11.3 Å². The Labute approximate surface area is 267 Å². The monoisotopic (exact) mass is 634 g/mol. The number of hydrogen-bond donors (Lipinski definition) is 4. The predicted octanol–water partition coefficient (Wildman–Crippen LogP) is -0.147. The fraction of sp³-hybridized carbons (Fsp3) is 0.417. The second kappa shape index (κ2) is 17.5. The van der Waals surface area contributed by atoms with Crippen molar-refractivity contribution in [3.05, 3.63) is 46.6 Å². The zero-order valence-electron chi connectivity index (χ0n) is 23.4. The quantitative estimate of drug-likeness (QED) is 0.143. The fourth-order valence-electron chi connectivity index (χ4n) is 4.18. The van der Waals surface area contributed by atoms with Gasteiger partial charge in [-0.1, -0.05) is 27.7 Å². The summed E-state index contributed by atoms with van der Waals surface area (Å²) in [5.41, 5.74) is -0.175. The van der Waals surface area contributed by atoms with Crippen molar-refractivity contribution in [2.24, 2.45) is 5.41 Å². The van der Waals surface area contributed by atoms with Crippen molar-refractivity contribution in [2.45, 2.75) is 52.6 Å². The molecule has 41 heavy (non-hydrogen) atoms. The van der Waals surface area contributed by atoms with Crippen LogP contribution in [0.5, 0.6) is 11.5 Å². The minimum atomic E-state index is -2.95. The molecule has 0 spiro atoms. The van der Waals surface area contributed by atoms with Crippen LogP contribution in [0.4, 0.5) is 0 Å². The fourth-order valence-corrected chi connectivity index (χ4v) is 4.18. The van der Waals surface area contributed by atoms with Gasteiger partial charge in [-0.05, 0) is 24.3 Å². The summed E-state index contributed by atoms with van der Waals surface area (Å²) in [5.74, 6) is -1.74. The van der Waals surface area contributed by atoms with Gasteiger partial charge in [0.25, 0.3) is 0 Å². The van der Waals surface area contributed by atoms with E-state index in [-0.39, 0.29) is 42.3 Å². The van der Waals surface area contributed by atoms with E-state index in [1.165, 1.54) is 49.7 Å². The zero-order valence-corrected chi connectivity index (χ0v) is 29.1. The molecule has 1 aromatic carbocycles. The topological polar surface area (TPSA) is 227 Å². The second-order valence-electron chi connectivity index (χ2n) is 9.57. The summed E-state index contributed by atoms with van der Waals surface area (Å²) >= 11 is 2.89. The van der Waals surface area contributed by atoms with Gasteiger partial charge in [-0.3, -0.25) is 19.2 Å². The number of carbonyl (C=O) groups excluding carboxylic acids is 3. The van der Waals surface area contributed by atoms with Crippen LogP contribution in [0.1, 0.15) is 51.7 Å². The number of aliphatic carboxylic acids is 1. The molecule has 2 aliphatic rings. The zero-order chi connectivity index (χ0) is 32.3. The van der Waals surface area contributed by atoms with Gasteiger partial charge in [0, 0.05) is 33.1 Å². The molecule has 3 rings (SSSR count). The van der Waals surface area contributed by atoms with E-state index >= 15 is 0 Å². The van der Waals surface area contributed by atoms with E-state index in [0.717, 1.165) is 17.7 Å². The molecule has 0 unspecified atom stereocenters. The Hall–Kier alpha value is -1.66. The predicted molar refractivity (Wildman–Crippen MR) is 146 cm³/mol. The Morgan fingerprint density at radius 2 is 1.49 bits per heavy atom. The van der Waals surface area contributed by atoms with Gasteiger partial charge in [0.1, 0.15) is 11.5 Å². The molecule has 1 aliphatic heterocycles. The van der Waals surface area contributed by atoms with Gasteiger partial charge in [0.2, 0.25) is 0 Å². The van der Waals surface area contributed by atoms with Crippen LogP contribution in [0, 0.1) is 5.41 Å². The Bertz CT molecular complexity index is 1460. The maximum atomic E-state index is 11.7. The van der Waals surface area contributed by atoms with Crippen LogP contribution in [-0.2, 0) is 49.7 Å². The molecule has 4 N–H and O–H groups in total. The van der Waals surface area contributed by atoms with Crippen molar-refractivity contribution < 1.29 is 61.2 Å². The number of carboxylic acids is 1. The number of carboxylic acid groups (broad SMARTS) is 1. The van der Waals surface area contributed by atoms with Gasteiger partial charge in [-0.2, -0.15) is 16.8 Å². The summed E-state index contributed by atoms with van der Waals surface area (Å²) in [4.78, 5) is 45.4. The number of esters is 1. The number of hydrogen-bond acceptors (Lipinski definition) is 12. The number of aliphatic hydroxyl groups excluding tert-OH is 2. The summed E-state index contributed by atoms with van der Waals surface area (Å²) < 4.78 is 41.4. The summed E-state index contributed by atoms with van der Waals surface area (Å²) in [5, 5.41) is 36.9. The molecule has 1 heterocycles. The first kappa shape index (κ1) is 39.3. The number of rotatable bonds is 5. The van der Waals surface area contributed by atoms with Crippen LogP contribution in [-0.4, -0.2) is 111 Å². The van der Waals surface area contributed by atoms with Crippen molar-refractivity contribution in [2.75, 3.05) is 6.61 Å². The van der Waals surface area contributed by atoms with Crippen molar-refractivity contribution in [3.63, 3.8) is 0 Å². The number of aliphatic hydroxyl groups is 2. The van der Waals surface area contributed by atoms with Gasteiger partial charge in [0.05, 0.1) is 26.1 Å². The average Bonchev–Trinajstić information content (AvgIpc) is 2.86. The van der Waals surface area contributed by atoms with Crippen LogP contribution >= 0.6 is 0 Å². The molecule has 0 radical (unpaired) electrons. The van der Waals surface area contributed by atoms with E-state index in [9.17, 15) is 29.4 Å². The molecule has 1 aromatic rings. The first-order valence-corrected chi connectivity index (χ1v) is 22.7.